The molecule has 0 aliphatic heterocycles. The maximum absolute atomic E-state index is 11.8. The van der Waals surface area contributed by atoms with Crippen molar-refractivity contribution in [3.63, 3.8) is 0 Å². The van der Waals surface area contributed by atoms with Gasteiger partial charge in [0.05, 0.1) is 0 Å². The summed E-state index contributed by atoms with van der Waals surface area (Å²) >= 11 is 1.41. The number of aromatic nitrogens is 2. The van der Waals surface area contributed by atoms with Crippen LogP contribution in [0.4, 0.5) is 0 Å². The number of nitrogens with zero attached hydrogens (tertiary/aromatic N) is 3. The van der Waals surface area contributed by atoms with Gasteiger partial charge in [-0.1, -0.05) is 24.0 Å². The van der Waals surface area contributed by atoms with E-state index in [0.717, 1.165) is 24.3 Å². The zero-order chi connectivity index (χ0) is 16.1. The van der Waals surface area contributed by atoms with E-state index in [0.29, 0.717) is 16.6 Å². The monoisotopic (exact) mass is 320 g/mol. The lowest BCUT2D eigenvalue weighted by Crippen LogP contribution is -2.46. The van der Waals surface area contributed by atoms with Crippen LogP contribution in [0.15, 0.2) is 30.3 Å². The van der Waals surface area contributed by atoms with Crippen LogP contribution < -0.4 is 5.32 Å². The van der Waals surface area contributed by atoms with Crippen molar-refractivity contribution in [2.45, 2.75) is 31.4 Å². The Labute approximate surface area is 133 Å². The average molecular weight is 320 g/mol. The number of nitrogens with one attached hydrogen (secondary N) is 1. The maximum atomic E-state index is 11.8. The first-order valence-corrected chi connectivity index (χ1v) is 7.92. The SMILES string of the molecule is C=CC(=NC)C(=O)NC1CC(Cc2nnc([C@H](O)C=C)s2)C1. The number of hydrogen-bond donors (Lipinski definition) is 2. The predicted molar refractivity (Wildman–Crippen MR) is 87.0 cm³/mol. The Morgan fingerprint density at radius 2 is 2.27 bits per heavy atom. The molecule has 118 valence electrons. The summed E-state index contributed by atoms with van der Waals surface area (Å²) in [5, 5.41) is 22.1. The van der Waals surface area contributed by atoms with E-state index in [1.807, 2.05) is 0 Å². The molecule has 1 aliphatic rings. The van der Waals surface area contributed by atoms with Crippen molar-refractivity contribution in [1.29, 1.82) is 0 Å². The largest absolute Gasteiger partial charge is 0.382 e. The normalized spacial score (nSPS) is 22.5. The van der Waals surface area contributed by atoms with Crippen LogP contribution >= 0.6 is 11.3 Å². The van der Waals surface area contributed by atoms with Gasteiger partial charge in [-0.15, -0.1) is 16.8 Å². The van der Waals surface area contributed by atoms with E-state index in [2.05, 4.69) is 33.7 Å². The lowest BCUT2D eigenvalue weighted by Gasteiger charge is -2.35. The molecule has 1 heterocycles. The van der Waals surface area contributed by atoms with Gasteiger partial charge in [0.25, 0.3) is 5.91 Å². The third-order valence-electron chi connectivity index (χ3n) is 3.66. The number of aliphatic hydroxyl groups is 1. The van der Waals surface area contributed by atoms with Crippen LogP contribution in [0.3, 0.4) is 0 Å². The molecule has 0 saturated heterocycles. The number of amides is 1. The van der Waals surface area contributed by atoms with E-state index < -0.39 is 6.10 Å². The van der Waals surface area contributed by atoms with Gasteiger partial charge in [0, 0.05) is 19.5 Å². The second-order valence-corrected chi connectivity index (χ2v) is 6.33. The summed E-state index contributed by atoms with van der Waals surface area (Å²) in [6.07, 6.45) is 4.80. The molecule has 1 aromatic rings. The topological polar surface area (TPSA) is 87.5 Å². The Kier molecular flexibility index (Phi) is 5.57. The summed E-state index contributed by atoms with van der Waals surface area (Å²) < 4.78 is 0. The van der Waals surface area contributed by atoms with E-state index >= 15 is 0 Å². The Hall–Kier alpha value is -1.86. The first-order valence-electron chi connectivity index (χ1n) is 7.10. The predicted octanol–water partition coefficient (Wildman–Crippen LogP) is 1.45. The molecular formula is C15H20N4O2S. The molecule has 0 spiro atoms. The van der Waals surface area contributed by atoms with E-state index in [-0.39, 0.29) is 11.9 Å². The third-order valence-corrected chi connectivity index (χ3v) is 4.68. The first-order chi connectivity index (χ1) is 10.6. The second kappa shape index (κ2) is 7.42. The van der Waals surface area contributed by atoms with Gasteiger partial charge >= 0.3 is 0 Å². The van der Waals surface area contributed by atoms with Gasteiger partial charge in [-0.05, 0) is 24.8 Å². The zero-order valence-electron chi connectivity index (χ0n) is 12.5. The summed E-state index contributed by atoms with van der Waals surface area (Å²) in [5.74, 6) is 0.311. The molecule has 6 nitrogen and oxygen atoms in total. The Morgan fingerprint density at radius 3 is 2.86 bits per heavy atom. The molecule has 0 unspecified atom stereocenters. The van der Waals surface area contributed by atoms with Crippen molar-refractivity contribution in [3.05, 3.63) is 35.3 Å². The van der Waals surface area contributed by atoms with Crippen molar-refractivity contribution in [1.82, 2.24) is 15.5 Å². The number of aliphatic imine (C=N–C) groups is 1. The number of carbonyl (C=O) groups is 1. The summed E-state index contributed by atoms with van der Waals surface area (Å²) in [6.45, 7) is 7.10. The van der Waals surface area contributed by atoms with E-state index in [4.69, 9.17) is 0 Å². The first kappa shape index (κ1) is 16.5. The van der Waals surface area contributed by atoms with Gasteiger partial charge in [-0.2, -0.15) is 0 Å². The summed E-state index contributed by atoms with van der Waals surface area (Å²) in [6, 6.07) is 0.181. The molecule has 2 N–H and O–H groups in total. The maximum Gasteiger partial charge on any atom is 0.269 e. The molecule has 1 atom stereocenters. The molecule has 22 heavy (non-hydrogen) atoms. The van der Waals surface area contributed by atoms with Crippen LogP contribution in [0, 0.1) is 5.92 Å². The average Bonchev–Trinajstić information content (AvgIpc) is 2.94. The molecule has 0 bridgehead atoms. The minimum absolute atomic E-state index is 0.173. The smallest absolute Gasteiger partial charge is 0.269 e. The fourth-order valence-electron chi connectivity index (χ4n) is 2.38. The molecule has 1 fully saturated rings. The highest BCUT2D eigenvalue weighted by molar-refractivity contribution is 7.11. The molecule has 1 amide bonds. The minimum Gasteiger partial charge on any atom is -0.382 e. The van der Waals surface area contributed by atoms with Gasteiger partial charge in [0.15, 0.2) is 0 Å². The fraction of sp³-hybridized carbons (Fsp3) is 0.467. The number of aliphatic hydroxyl groups excluding tert-OH is 1. The number of rotatable bonds is 7. The molecule has 0 radical (unpaired) electrons. The van der Waals surface area contributed by atoms with Crippen LogP contribution in [0.5, 0.6) is 0 Å². The minimum atomic E-state index is -0.745. The van der Waals surface area contributed by atoms with Crippen LogP contribution in [0.25, 0.3) is 0 Å². The van der Waals surface area contributed by atoms with E-state index in [9.17, 15) is 9.90 Å². The molecule has 1 aliphatic carbocycles. The van der Waals surface area contributed by atoms with Crippen LogP contribution in [0.1, 0.15) is 29.0 Å². The third kappa shape index (κ3) is 3.86. The molecule has 7 heteroatoms. The summed E-state index contributed by atoms with van der Waals surface area (Å²) in [5.41, 5.74) is 0.357. The van der Waals surface area contributed by atoms with Crippen molar-refractivity contribution < 1.29 is 9.90 Å². The van der Waals surface area contributed by atoms with E-state index in [1.165, 1.54) is 23.5 Å². The lowest BCUT2D eigenvalue weighted by molar-refractivity contribution is -0.116. The van der Waals surface area contributed by atoms with E-state index in [1.54, 1.807) is 7.05 Å². The number of carbonyl (C=O) groups excluding carboxylic acids is 1. The molecule has 0 aromatic carbocycles. The highest BCUT2D eigenvalue weighted by atomic mass is 32.1. The summed E-state index contributed by atoms with van der Waals surface area (Å²) in [7, 11) is 1.57. The quantitative estimate of drug-likeness (QED) is 0.588. The highest BCUT2D eigenvalue weighted by Gasteiger charge is 2.31. The second-order valence-electron chi connectivity index (χ2n) is 5.24. The fourth-order valence-corrected chi connectivity index (χ4v) is 3.32. The van der Waals surface area contributed by atoms with Crippen LogP contribution in [-0.4, -0.2) is 40.0 Å². The molecule has 1 saturated carbocycles. The molecular weight excluding hydrogens is 300 g/mol. The van der Waals surface area contributed by atoms with Gasteiger partial charge < -0.3 is 10.4 Å². The number of hydrogen-bond acceptors (Lipinski definition) is 6. The van der Waals surface area contributed by atoms with Gasteiger partial charge in [-0.25, -0.2) is 0 Å². The van der Waals surface area contributed by atoms with Gasteiger partial charge in [-0.3, -0.25) is 9.79 Å². The molecule has 1 aromatic heterocycles. The zero-order valence-corrected chi connectivity index (χ0v) is 13.3. The standard InChI is InChI=1S/C15H20N4O2S/c1-4-11(16-3)14(21)17-10-6-9(7-10)8-13-18-19-15(22-13)12(20)5-2/h4-5,9-10,12,20H,1-2,6-8H2,3H3,(H,17,21)/t9?,10?,12-/m1/s1. The van der Waals surface area contributed by atoms with Crippen molar-refractivity contribution in [2.75, 3.05) is 7.05 Å². The highest BCUT2D eigenvalue weighted by Crippen LogP contribution is 2.32. The van der Waals surface area contributed by atoms with Gasteiger partial charge in [0.2, 0.25) is 0 Å². The van der Waals surface area contributed by atoms with Crippen LogP contribution in [0.2, 0.25) is 0 Å². The van der Waals surface area contributed by atoms with Crippen molar-refractivity contribution in [3.8, 4) is 0 Å². The van der Waals surface area contributed by atoms with Gasteiger partial charge in [0.1, 0.15) is 21.8 Å². The Balaban J connectivity index is 1.78. The lowest BCUT2D eigenvalue weighted by atomic mass is 9.78. The van der Waals surface area contributed by atoms with Crippen molar-refractivity contribution >= 4 is 23.0 Å². The molecule has 2 rings (SSSR count). The summed E-state index contributed by atoms with van der Waals surface area (Å²) in [4.78, 5) is 15.7. The van der Waals surface area contributed by atoms with Crippen LogP contribution in [-0.2, 0) is 11.2 Å². The Morgan fingerprint density at radius 1 is 1.55 bits per heavy atom. The Bertz CT molecular complexity index is 590. The van der Waals surface area contributed by atoms with Crippen molar-refractivity contribution in [2.24, 2.45) is 10.9 Å².